The van der Waals surface area contributed by atoms with Gasteiger partial charge in [0.2, 0.25) is 5.91 Å². The van der Waals surface area contributed by atoms with Crippen LogP contribution in [0.15, 0.2) is 18.2 Å². The van der Waals surface area contributed by atoms with Crippen molar-refractivity contribution >= 4 is 45.5 Å². The molecule has 26 heavy (non-hydrogen) atoms. The van der Waals surface area contributed by atoms with Gasteiger partial charge < -0.3 is 15.5 Å². The average Bonchev–Trinajstić information content (AvgIpc) is 2.94. The highest BCUT2D eigenvalue weighted by Gasteiger charge is 2.17. The zero-order chi connectivity index (χ0) is 18.7. The van der Waals surface area contributed by atoms with Crippen LogP contribution in [-0.4, -0.2) is 41.5 Å². The Kier molecular flexibility index (Phi) is 6.09. The van der Waals surface area contributed by atoms with Crippen LogP contribution in [0.5, 0.6) is 0 Å². The van der Waals surface area contributed by atoms with Crippen molar-refractivity contribution in [3.63, 3.8) is 0 Å². The lowest BCUT2D eigenvalue weighted by atomic mass is 10.1. The molecule has 0 spiro atoms. The molecular weight excluding hydrogens is 364 g/mol. The third-order valence-corrected chi connectivity index (χ3v) is 6.54. The number of carbonyl (C=O) groups excluding carboxylic acids is 1. The Bertz CT molecular complexity index is 764. The summed E-state index contributed by atoms with van der Waals surface area (Å²) in [6.45, 7) is 10.1. The van der Waals surface area contributed by atoms with Crippen LogP contribution in [0.1, 0.15) is 23.1 Å². The minimum absolute atomic E-state index is 0.0738. The highest BCUT2D eigenvalue weighted by Crippen LogP contribution is 2.26. The van der Waals surface area contributed by atoms with E-state index >= 15 is 0 Å². The van der Waals surface area contributed by atoms with Crippen LogP contribution in [0.4, 0.5) is 16.5 Å². The van der Waals surface area contributed by atoms with E-state index in [1.807, 2.05) is 32.5 Å². The number of nitrogens with one attached hydrogen (secondary N) is 2. The van der Waals surface area contributed by atoms with Crippen molar-refractivity contribution in [3.05, 3.63) is 34.3 Å². The third kappa shape index (κ3) is 4.51. The van der Waals surface area contributed by atoms with Crippen molar-refractivity contribution in [2.75, 3.05) is 40.1 Å². The molecule has 0 saturated carbocycles. The van der Waals surface area contributed by atoms with Crippen LogP contribution in [0.3, 0.4) is 0 Å². The monoisotopic (exact) mass is 390 g/mol. The van der Waals surface area contributed by atoms with Gasteiger partial charge >= 0.3 is 0 Å². The number of anilines is 3. The van der Waals surface area contributed by atoms with Gasteiger partial charge in [-0.25, -0.2) is 4.98 Å². The number of amides is 1. The summed E-state index contributed by atoms with van der Waals surface area (Å²) in [5, 5.41) is 6.89. The minimum Gasteiger partial charge on any atom is -0.374 e. The maximum Gasteiger partial charge on any atom is 0.248 e. The van der Waals surface area contributed by atoms with Crippen molar-refractivity contribution < 1.29 is 4.79 Å². The fraction of sp³-hybridized carbons (Fsp3) is 0.474. The molecule has 1 atom stereocenters. The fourth-order valence-electron chi connectivity index (χ4n) is 2.87. The zero-order valence-electron chi connectivity index (χ0n) is 15.8. The second-order valence-corrected chi connectivity index (χ2v) is 9.04. The van der Waals surface area contributed by atoms with Gasteiger partial charge in [0.25, 0.3) is 0 Å². The first kappa shape index (κ1) is 19.0. The number of carbonyl (C=O) groups is 1. The number of rotatable bonds is 5. The second kappa shape index (κ2) is 8.31. The Morgan fingerprint density at radius 2 is 1.96 bits per heavy atom. The smallest absolute Gasteiger partial charge is 0.248 e. The molecule has 1 aromatic carbocycles. The Morgan fingerprint density at radius 1 is 1.23 bits per heavy atom. The number of nitrogens with zero attached hydrogens (tertiary/aromatic N) is 2. The summed E-state index contributed by atoms with van der Waals surface area (Å²) in [6.07, 6.45) is 0. The lowest BCUT2D eigenvalue weighted by molar-refractivity contribution is -0.116. The van der Waals surface area contributed by atoms with E-state index in [4.69, 9.17) is 0 Å². The van der Waals surface area contributed by atoms with Crippen LogP contribution >= 0.6 is 23.1 Å². The Labute approximate surface area is 163 Å². The maximum atomic E-state index is 12.4. The molecule has 140 valence electrons. The topological polar surface area (TPSA) is 57.3 Å². The number of aryl methyl sites for hydroxylation is 3. The van der Waals surface area contributed by atoms with Gasteiger partial charge in [0.1, 0.15) is 6.04 Å². The Balaban J connectivity index is 1.62. The summed E-state index contributed by atoms with van der Waals surface area (Å²) in [4.78, 5) is 20.4. The first-order valence-corrected chi connectivity index (χ1v) is 10.9. The molecule has 1 aliphatic heterocycles. The molecule has 0 bridgehead atoms. The molecule has 1 saturated heterocycles. The Morgan fingerprint density at radius 3 is 2.58 bits per heavy atom. The lowest BCUT2D eigenvalue weighted by Crippen LogP contribution is -2.33. The van der Waals surface area contributed by atoms with E-state index in [2.05, 4.69) is 45.6 Å². The van der Waals surface area contributed by atoms with E-state index in [1.54, 1.807) is 0 Å². The molecule has 0 radical (unpaired) electrons. The van der Waals surface area contributed by atoms with Crippen molar-refractivity contribution in [2.24, 2.45) is 0 Å². The first-order valence-electron chi connectivity index (χ1n) is 8.89. The van der Waals surface area contributed by atoms with Crippen molar-refractivity contribution in [1.29, 1.82) is 0 Å². The molecule has 1 aliphatic rings. The second-order valence-electron chi connectivity index (χ2n) is 6.61. The SMILES string of the molecule is Cc1cc(N2CCSCC2)ccc1N[C@H](C)C(=O)Nc1nc(C)c(C)s1. The van der Waals surface area contributed by atoms with Crippen LogP contribution in [0.25, 0.3) is 0 Å². The van der Waals surface area contributed by atoms with Crippen LogP contribution < -0.4 is 15.5 Å². The summed E-state index contributed by atoms with van der Waals surface area (Å²) in [6, 6.07) is 6.09. The normalized spacial score (nSPS) is 15.6. The third-order valence-electron chi connectivity index (χ3n) is 4.61. The van der Waals surface area contributed by atoms with Gasteiger partial charge in [-0.3, -0.25) is 4.79 Å². The van der Waals surface area contributed by atoms with Gasteiger partial charge in [0.15, 0.2) is 5.13 Å². The van der Waals surface area contributed by atoms with E-state index in [0.717, 1.165) is 34.9 Å². The summed E-state index contributed by atoms with van der Waals surface area (Å²) in [5.41, 5.74) is 4.38. The van der Waals surface area contributed by atoms with Gasteiger partial charge in [-0.05, 0) is 51.5 Å². The zero-order valence-corrected chi connectivity index (χ0v) is 17.4. The molecule has 0 unspecified atom stereocenters. The standard InChI is InChI=1S/C19H26N4OS2/c1-12-11-16(23-7-9-25-10-8-23)5-6-17(12)20-14(3)18(24)22-19-21-13(2)15(4)26-19/h5-6,11,14,20H,7-10H2,1-4H3,(H,21,22,24)/t14-/m1/s1. The van der Waals surface area contributed by atoms with Gasteiger partial charge in [0, 0.05) is 40.8 Å². The first-order chi connectivity index (χ1) is 12.4. The van der Waals surface area contributed by atoms with Crippen molar-refractivity contribution in [1.82, 2.24) is 4.98 Å². The Hall–Kier alpha value is -1.73. The number of hydrogen-bond acceptors (Lipinski definition) is 6. The minimum atomic E-state index is -0.338. The molecule has 0 aliphatic carbocycles. The molecule has 1 fully saturated rings. The molecule has 2 aromatic rings. The molecule has 2 heterocycles. The van der Waals surface area contributed by atoms with Gasteiger partial charge in [0.05, 0.1) is 5.69 Å². The number of benzene rings is 1. The van der Waals surface area contributed by atoms with E-state index in [-0.39, 0.29) is 11.9 Å². The van der Waals surface area contributed by atoms with E-state index in [1.165, 1.54) is 28.5 Å². The number of thioether (sulfide) groups is 1. The predicted molar refractivity (Wildman–Crippen MR) is 114 cm³/mol. The van der Waals surface area contributed by atoms with Gasteiger partial charge in [-0.2, -0.15) is 11.8 Å². The van der Waals surface area contributed by atoms with Gasteiger partial charge in [-0.1, -0.05) is 0 Å². The summed E-state index contributed by atoms with van der Waals surface area (Å²) < 4.78 is 0. The maximum absolute atomic E-state index is 12.4. The van der Waals surface area contributed by atoms with E-state index in [0.29, 0.717) is 5.13 Å². The molecule has 1 aromatic heterocycles. The van der Waals surface area contributed by atoms with E-state index in [9.17, 15) is 4.79 Å². The van der Waals surface area contributed by atoms with Crippen molar-refractivity contribution in [2.45, 2.75) is 33.7 Å². The summed E-state index contributed by atoms with van der Waals surface area (Å²) in [5.74, 6) is 2.30. The molecular formula is C19H26N4OS2. The fourth-order valence-corrected chi connectivity index (χ4v) is 4.59. The number of hydrogen-bond donors (Lipinski definition) is 2. The van der Waals surface area contributed by atoms with Crippen LogP contribution in [0.2, 0.25) is 0 Å². The van der Waals surface area contributed by atoms with Crippen LogP contribution in [0, 0.1) is 20.8 Å². The highest BCUT2D eigenvalue weighted by atomic mass is 32.2. The molecule has 7 heteroatoms. The molecule has 5 nitrogen and oxygen atoms in total. The predicted octanol–water partition coefficient (Wildman–Crippen LogP) is 4.06. The number of thiazole rings is 1. The number of aromatic nitrogens is 1. The van der Waals surface area contributed by atoms with Crippen LogP contribution in [-0.2, 0) is 4.79 Å². The summed E-state index contributed by atoms with van der Waals surface area (Å²) in [7, 11) is 0. The van der Waals surface area contributed by atoms with E-state index < -0.39 is 0 Å². The quantitative estimate of drug-likeness (QED) is 0.806. The largest absolute Gasteiger partial charge is 0.374 e. The summed E-state index contributed by atoms with van der Waals surface area (Å²) >= 11 is 3.52. The lowest BCUT2D eigenvalue weighted by Gasteiger charge is -2.29. The average molecular weight is 391 g/mol. The molecule has 3 rings (SSSR count). The molecule has 2 N–H and O–H groups in total. The highest BCUT2D eigenvalue weighted by molar-refractivity contribution is 7.99. The molecule has 1 amide bonds. The van der Waals surface area contributed by atoms with Crippen molar-refractivity contribution in [3.8, 4) is 0 Å². The van der Waals surface area contributed by atoms with Gasteiger partial charge in [-0.15, -0.1) is 11.3 Å².